The second-order valence-corrected chi connectivity index (χ2v) is 6.07. The lowest BCUT2D eigenvalue weighted by molar-refractivity contribution is -0.122. The van der Waals surface area contributed by atoms with Crippen LogP contribution in [0.5, 0.6) is 0 Å². The summed E-state index contributed by atoms with van der Waals surface area (Å²) >= 11 is 0. The molecule has 1 aromatic rings. The highest BCUT2D eigenvalue weighted by atomic mass is 19.1. The molecule has 0 aromatic heterocycles. The van der Waals surface area contributed by atoms with Crippen LogP contribution in [0.4, 0.5) is 8.78 Å². The molecule has 23 heavy (non-hydrogen) atoms. The zero-order valence-electron chi connectivity index (χ0n) is 12.7. The molecule has 2 aliphatic rings. The second-order valence-electron chi connectivity index (χ2n) is 6.07. The van der Waals surface area contributed by atoms with Crippen LogP contribution in [0.15, 0.2) is 18.2 Å². The number of hydrogen-bond acceptors (Lipinski definition) is 3. The molecule has 1 aliphatic heterocycles. The van der Waals surface area contributed by atoms with E-state index in [1.165, 1.54) is 0 Å². The molecule has 0 radical (unpaired) electrons. The fourth-order valence-corrected chi connectivity index (χ4v) is 2.67. The predicted octanol–water partition coefficient (Wildman–Crippen LogP) is 1.00. The topological polar surface area (TPSA) is 52.7 Å². The molecule has 0 atom stereocenters. The largest absolute Gasteiger partial charge is 0.352 e. The van der Waals surface area contributed by atoms with Crippen molar-refractivity contribution in [1.29, 1.82) is 0 Å². The van der Waals surface area contributed by atoms with E-state index in [1.54, 1.807) is 4.90 Å². The number of carbonyl (C=O) groups excluding carboxylic acids is 2. The lowest BCUT2D eigenvalue weighted by atomic mass is 10.1. The molecule has 1 N–H and O–H groups in total. The van der Waals surface area contributed by atoms with Crippen LogP contribution in [-0.4, -0.2) is 60.4 Å². The lowest BCUT2D eigenvalue weighted by Crippen LogP contribution is -2.51. The van der Waals surface area contributed by atoms with Crippen LogP contribution in [0.2, 0.25) is 0 Å². The normalized spacial score (nSPS) is 18.8. The molecule has 3 rings (SSSR count). The third-order valence-electron chi connectivity index (χ3n) is 4.08. The first-order valence-corrected chi connectivity index (χ1v) is 7.78. The fourth-order valence-electron chi connectivity index (χ4n) is 2.67. The van der Waals surface area contributed by atoms with E-state index in [9.17, 15) is 18.4 Å². The van der Waals surface area contributed by atoms with E-state index < -0.39 is 11.6 Å². The Bertz CT molecular complexity index is 591. The zero-order valence-corrected chi connectivity index (χ0v) is 12.7. The molecule has 2 fully saturated rings. The number of carbonyl (C=O) groups is 2. The van der Waals surface area contributed by atoms with Gasteiger partial charge >= 0.3 is 0 Å². The molecular weight excluding hydrogens is 304 g/mol. The van der Waals surface area contributed by atoms with Gasteiger partial charge in [-0.15, -0.1) is 0 Å². The summed E-state index contributed by atoms with van der Waals surface area (Å²) in [7, 11) is 0. The Morgan fingerprint density at radius 2 is 1.65 bits per heavy atom. The van der Waals surface area contributed by atoms with Crippen molar-refractivity contribution < 1.29 is 18.4 Å². The summed E-state index contributed by atoms with van der Waals surface area (Å²) < 4.78 is 26.4. The summed E-state index contributed by atoms with van der Waals surface area (Å²) in [5.41, 5.74) is 0.0161. The van der Waals surface area contributed by atoms with Crippen LogP contribution in [0.25, 0.3) is 0 Å². The smallest absolute Gasteiger partial charge is 0.254 e. The summed E-state index contributed by atoms with van der Waals surface area (Å²) in [5.74, 6) is -1.89. The molecular formula is C16H19F2N3O2. The van der Waals surface area contributed by atoms with Gasteiger partial charge in [0, 0.05) is 43.9 Å². The Morgan fingerprint density at radius 1 is 1.04 bits per heavy atom. The van der Waals surface area contributed by atoms with Gasteiger partial charge < -0.3 is 10.2 Å². The van der Waals surface area contributed by atoms with Gasteiger partial charge in [0.05, 0.1) is 6.54 Å². The summed E-state index contributed by atoms with van der Waals surface area (Å²) in [5, 5.41) is 2.93. The first kappa shape index (κ1) is 15.9. The summed E-state index contributed by atoms with van der Waals surface area (Å²) in [6, 6.07) is 3.17. The van der Waals surface area contributed by atoms with E-state index in [2.05, 4.69) is 5.32 Å². The molecule has 5 nitrogen and oxygen atoms in total. The molecule has 0 bridgehead atoms. The van der Waals surface area contributed by atoms with Crippen molar-refractivity contribution in [2.24, 2.45) is 0 Å². The van der Waals surface area contributed by atoms with Gasteiger partial charge in [-0.05, 0) is 25.0 Å². The Balaban J connectivity index is 1.51. The Morgan fingerprint density at radius 3 is 2.22 bits per heavy atom. The van der Waals surface area contributed by atoms with E-state index in [1.807, 2.05) is 4.90 Å². The first-order chi connectivity index (χ1) is 11.0. The molecule has 0 unspecified atom stereocenters. The quantitative estimate of drug-likeness (QED) is 0.899. The molecule has 1 heterocycles. The highest BCUT2D eigenvalue weighted by molar-refractivity contribution is 5.94. The maximum Gasteiger partial charge on any atom is 0.254 e. The third kappa shape index (κ3) is 4.25. The molecule has 2 amide bonds. The van der Waals surface area contributed by atoms with Gasteiger partial charge in [-0.25, -0.2) is 8.78 Å². The van der Waals surface area contributed by atoms with Crippen LogP contribution in [0.1, 0.15) is 23.2 Å². The minimum atomic E-state index is -0.760. The number of nitrogens with one attached hydrogen (secondary N) is 1. The van der Waals surface area contributed by atoms with Crippen molar-refractivity contribution in [3.63, 3.8) is 0 Å². The van der Waals surface area contributed by atoms with Gasteiger partial charge in [-0.1, -0.05) is 0 Å². The number of benzene rings is 1. The maximum absolute atomic E-state index is 13.2. The van der Waals surface area contributed by atoms with E-state index >= 15 is 0 Å². The number of halogens is 2. The lowest BCUT2D eigenvalue weighted by Gasteiger charge is -2.34. The van der Waals surface area contributed by atoms with Crippen LogP contribution in [0, 0.1) is 11.6 Å². The minimum Gasteiger partial charge on any atom is -0.352 e. The maximum atomic E-state index is 13.2. The molecule has 7 heteroatoms. The van der Waals surface area contributed by atoms with Crippen molar-refractivity contribution in [2.45, 2.75) is 18.9 Å². The van der Waals surface area contributed by atoms with Crippen molar-refractivity contribution in [3.8, 4) is 0 Å². The Labute approximate surface area is 133 Å². The highest BCUT2D eigenvalue weighted by Gasteiger charge is 2.26. The third-order valence-corrected chi connectivity index (χ3v) is 4.08. The van der Waals surface area contributed by atoms with E-state index in [-0.39, 0.29) is 17.4 Å². The SMILES string of the molecule is O=C(CN1CCN(C(=O)c2cc(F)cc(F)c2)CC1)NC1CC1. The minimum absolute atomic E-state index is 0.0134. The second kappa shape index (κ2) is 6.62. The Hall–Kier alpha value is -2.02. The number of nitrogens with zero attached hydrogens (tertiary/aromatic N) is 2. The number of rotatable bonds is 4. The van der Waals surface area contributed by atoms with Gasteiger partial charge in [-0.2, -0.15) is 0 Å². The van der Waals surface area contributed by atoms with Crippen LogP contribution >= 0.6 is 0 Å². The molecule has 0 spiro atoms. The standard InChI is InChI=1S/C16H19F2N3O2/c17-12-7-11(8-13(18)9-12)16(23)21-5-3-20(4-6-21)10-15(22)19-14-1-2-14/h7-9,14H,1-6,10H2,(H,19,22). The molecule has 124 valence electrons. The monoisotopic (exact) mass is 323 g/mol. The van der Waals surface area contributed by atoms with Crippen molar-refractivity contribution >= 4 is 11.8 Å². The van der Waals surface area contributed by atoms with Gasteiger partial charge in [0.2, 0.25) is 5.91 Å². The zero-order chi connectivity index (χ0) is 16.4. The molecule has 1 aliphatic carbocycles. The van der Waals surface area contributed by atoms with Crippen LogP contribution in [0.3, 0.4) is 0 Å². The summed E-state index contributed by atoms with van der Waals surface area (Å²) in [6.45, 7) is 2.34. The predicted molar refractivity (Wildman–Crippen MR) is 79.9 cm³/mol. The van der Waals surface area contributed by atoms with Gasteiger partial charge in [0.25, 0.3) is 5.91 Å². The Kier molecular flexibility index (Phi) is 4.56. The molecule has 1 saturated heterocycles. The van der Waals surface area contributed by atoms with Crippen molar-refractivity contribution in [3.05, 3.63) is 35.4 Å². The van der Waals surface area contributed by atoms with E-state index in [4.69, 9.17) is 0 Å². The van der Waals surface area contributed by atoms with Crippen molar-refractivity contribution in [1.82, 2.24) is 15.1 Å². The molecule has 1 saturated carbocycles. The van der Waals surface area contributed by atoms with Crippen LogP contribution < -0.4 is 5.32 Å². The first-order valence-electron chi connectivity index (χ1n) is 7.78. The number of hydrogen-bond donors (Lipinski definition) is 1. The number of piperazine rings is 1. The average Bonchev–Trinajstić information content (AvgIpc) is 3.30. The van der Waals surface area contributed by atoms with E-state index in [0.29, 0.717) is 38.8 Å². The summed E-state index contributed by atoms with van der Waals surface area (Å²) in [4.78, 5) is 27.6. The average molecular weight is 323 g/mol. The van der Waals surface area contributed by atoms with Gasteiger partial charge in [0.1, 0.15) is 11.6 Å². The molecule has 1 aromatic carbocycles. The summed E-state index contributed by atoms with van der Waals surface area (Å²) in [6.07, 6.45) is 2.11. The van der Waals surface area contributed by atoms with E-state index in [0.717, 1.165) is 31.0 Å². The highest BCUT2D eigenvalue weighted by Crippen LogP contribution is 2.18. The van der Waals surface area contributed by atoms with Gasteiger partial charge in [0.15, 0.2) is 0 Å². The van der Waals surface area contributed by atoms with Crippen molar-refractivity contribution in [2.75, 3.05) is 32.7 Å². The van der Waals surface area contributed by atoms with Gasteiger partial charge in [-0.3, -0.25) is 14.5 Å². The number of amides is 2. The van der Waals surface area contributed by atoms with Crippen LogP contribution in [-0.2, 0) is 4.79 Å². The fraction of sp³-hybridized carbons (Fsp3) is 0.500.